The lowest BCUT2D eigenvalue weighted by atomic mass is 10.1. The lowest BCUT2D eigenvalue weighted by Crippen LogP contribution is -2.16. The molecule has 0 atom stereocenters. The number of carbonyl (C=O) groups is 2. The lowest BCUT2D eigenvalue weighted by Gasteiger charge is -2.08. The fourth-order valence-electron chi connectivity index (χ4n) is 3.24. The molecule has 4 aromatic rings. The van der Waals surface area contributed by atoms with Crippen molar-refractivity contribution >= 4 is 34.5 Å². The van der Waals surface area contributed by atoms with E-state index < -0.39 is 0 Å². The van der Waals surface area contributed by atoms with Gasteiger partial charge < -0.3 is 20.1 Å². The van der Waals surface area contributed by atoms with Crippen LogP contribution >= 0.6 is 11.3 Å². The summed E-state index contributed by atoms with van der Waals surface area (Å²) < 4.78 is 10.6. The number of nitrogens with zero attached hydrogens (tertiary/aromatic N) is 2. The molecule has 0 radical (unpaired) electrons. The maximum atomic E-state index is 12.6. The van der Waals surface area contributed by atoms with Crippen molar-refractivity contribution in [2.75, 3.05) is 24.9 Å². The Labute approximate surface area is 200 Å². The average molecular weight is 475 g/mol. The zero-order chi connectivity index (χ0) is 23.9. The Morgan fingerprint density at radius 1 is 0.912 bits per heavy atom. The number of thiazole rings is 1. The molecule has 0 spiro atoms. The third kappa shape index (κ3) is 5.57. The fraction of sp³-hybridized carbons (Fsp3) is 0.120. The van der Waals surface area contributed by atoms with Crippen LogP contribution in [0.1, 0.15) is 16.1 Å². The number of nitrogens with one attached hydrogen (secondary N) is 2. The van der Waals surface area contributed by atoms with E-state index in [-0.39, 0.29) is 18.2 Å². The van der Waals surface area contributed by atoms with E-state index in [9.17, 15) is 9.59 Å². The SMILES string of the molecule is COc1ccc(-c2nc(CC(=O)Nc3cccc(C(=O)Nc4ccncc4)c3)cs2)cc1OC. The molecule has 9 heteroatoms. The van der Waals surface area contributed by atoms with Crippen molar-refractivity contribution in [1.29, 1.82) is 0 Å². The van der Waals surface area contributed by atoms with Crippen molar-refractivity contribution < 1.29 is 19.1 Å². The molecule has 0 saturated heterocycles. The molecule has 0 fully saturated rings. The summed E-state index contributed by atoms with van der Waals surface area (Å²) in [4.78, 5) is 33.6. The molecule has 2 aromatic heterocycles. The van der Waals surface area contributed by atoms with Gasteiger partial charge in [-0.05, 0) is 48.5 Å². The minimum Gasteiger partial charge on any atom is -0.493 e. The van der Waals surface area contributed by atoms with E-state index in [2.05, 4.69) is 20.6 Å². The van der Waals surface area contributed by atoms with Gasteiger partial charge in [0.05, 0.1) is 26.3 Å². The number of hydrogen-bond donors (Lipinski definition) is 2. The predicted octanol–water partition coefficient (Wildman–Crippen LogP) is 4.66. The van der Waals surface area contributed by atoms with E-state index in [4.69, 9.17) is 9.47 Å². The number of amides is 2. The fourth-order valence-corrected chi connectivity index (χ4v) is 4.05. The van der Waals surface area contributed by atoms with Crippen molar-refractivity contribution in [2.45, 2.75) is 6.42 Å². The molecule has 34 heavy (non-hydrogen) atoms. The Balaban J connectivity index is 1.39. The average Bonchev–Trinajstić information content (AvgIpc) is 3.32. The van der Waals surface area contributed by atoms with Crippen LogP contribution in [0.4, 0.5) is 11.4 Å². The van der Waals surface area contributed by atoms with Crippen LogP contribution in [0.5, 0.6) is 11.5 Å². The molecule has 2 amide bonds. The molecule has 2 aromatic carbocycles. The largest absolute Gasteiger partial charge is 0.493 e. The van der Waals surface area contributed by atoms with E-state index in [0.717, 1.165) is 10.6 Å². The summed E-state index contributed by atoms with van der Waals surface area (Å²) in [6, 6.07) is 15.7. The van der Waals surface area contributed by atoms with Gasteiger partial charge in [0, 0.05) is 40.3 Å². The second kappa shape index (κ2) is 10.6. The van der Waals surface area contributed by atoms with Crippen LogP contribution in [-0.2, 0) is 11.2 Å². The number of methoxy groups -OCH3 is 2. The monoisotopic (exact) mass is 474 g/mol. The number of ether oxygens (including phenoxy) is 2. The smallest absolute Gasteiger partial charge is 0.255 e. The summed E-state index contributed by atoms with van der Waals surface area (Å²) in [6.07, 6.45) is 3.31. The molecule has 0 aliphatic heterocycles. The van der Waals surface area contributed by atoms with Crippen LogP contribution in [0.25, 0.3) is 10.6 Å². The maximum absolute atomic E-state index is 12.6. The van der Waals surface area contributed by atoms with Gasteiger partial charge in [-0.1, -0.05) is 6.07 Å². The Morgan fingerprint density at radius 2 is 1.71 bits per heavy atom. The number of pyridine rings is 1. The Hall–Kier alpha value is -4.24. The molecule has 4 rings (SSSR count). The van der Waals surface area contributed by atoms with Crippen molar-refractivity contribution in [3.8, 4) is 22.1 Å². The first-order valence-corrected chi connectivity index (χ1v) is 11.2. The minimum absolute atomic E-state index is 0.108. The summed E-state index contributed by atoms with van der Waals surface area (Å²) in [6.45, 7) is 0. The van der Waals surface area contributed by atoms with Crippen LogP contribution in [0.3, 0.4) is 0 Å². The highest BCUT2D eigenvalue weighted by Gasteiger charge is 2.13. The third-order valence-electron chi connectivity index (χ3n) is 4.87. The first-order valence-electron chi connectivity index (χ1n) is 10.3. The summed E-state index contributed by atoms with van der Waals surface area (Å²) in [5.41, 5.74) is 3.13. The number of hydrogen-bond acceptors (Lipinski definition) is 7. The molecule has 2 N–H and O–H groups in total. The first kappa shape index (κ1) is 22.9. The molecule has 0 aliphatic rings. The second-order valence-electron chi connectivity index (χ2n) is 7.21. The highest BCUT2D eigenvalue weighted by atomic mass is 32.1. The summed E-state index contributed by atoms with van der Waals surface area (Å²) in [5, 5.41) is 8.25. The van der Waals surface area contributed by atoms with Gasteiger partial charge in [0.15, 0.2) is 11.5 Å². The molecule has 2 heterocycles. The van der Waals surface area contributed by atoms with E-state index in [0.29, 0.717) is 34.1 Å². The quantitative estimate of drug-likeness (QED) is 0.385. The molecule has 0 unspecified atom stereocenters. The topological polar surface area (TPSA) is 102 Å². The summed E-state index contributed by atoms with van der Waals surface area (Å²) >= 11 is 1.45. The lowest BCUT2D eigenvalue weighted by molar-refractivity contribution is -0.115. The van der Waals surface area contributed by atoms with E-state index >= 15 is 0 Å². The van der Waals surface area contributed by atoms with E-state index in [1.165, 1.54) is 11.3 Å². The Kier molecular flexibility index (Phi) is 7.14. The van der Waals surface area contributed by atoms with Gasteiger partial charge in [-0.25, -0.2) is 4.98 Å². The van der Waals surface area contributed by atoms with Crippen LogP contribution in [0.15, 0.2) is 72.4 Å². The van der Waals surface area contributed by atoms with Crippen molar-refractivity contribution in [3.63, 3.8) is 0 Å². The van der Waals surface area contributed by atoms with Crippen LogP contribution in [-0.4, -0.2) is 36.0 Å². The minimum atomic E-state index is -0.277. The first-order chi connectivity index (χ1) is 16.6. The van der Waals surface area contributed by atoms with Crippen molar-refractivity contribution in [1.82, 2.24) is 9.97 Å². The van der Waals surface area contributed by atoms with Gasteiger partial charge in [-0.15, -0.1) is 11.3 Å². The van der Waals surface area contributed by atoms with Crippen LogP contribution in [0.2, 0.25) is 0 Å². The molecule has 8 nitrogen and oxygen atoms in total. The molecule has 172 valence electrons. The zero-order valence-corrected chi connectivity index (χ0v) is 19.4. The van der Waals surface area contributed by atoms with Crippen molar-refractivity contribution in [3.05, 3.63) is 83.6 Å². The van der Waals surface area contributed by atoms with E-state index in [1.807, 2.05) is 23.6 Å². The van der Waals surface area contributed by atoms with Gasteiger partial charge in [0.25, 0.3) is 5.91 Å². The molecule has 0 saturated carbocycles. The molecule has 0 aliphatic carbocycles. The number of carbonyl (C=O) groups excluding carboxylic acids is 2. The third-order valence-corrected chi connectivity index (χ3v) is 5.81. The van der Waals surface area contributed by atoms with Gasteiger partial charge in [-0.3, -0.25) is 14.6 Å². The molecule has 0 bridgehead atoms. The number of rotatable bonds is 8. The molecular formula is C25H22N4O4S. The van der Waals surface area contributed by atoms with E-state index in [1.54, 1.807) is 63.0 Å². The normalized spacial score (nSPS) is 10.4. The van der Waals surface area contributed by atoms with Crippen LogP contribution in [0, 0.1) is 0 Å². The predicted molar refractivity (Wildman–Crippen MR) is 132 cm³/mol. The second-order valence-corrected chi connectivity index (χ2v) is 8.07. The van der Waals surface area contributed by atoms with Gasteiger partial charge in [-0.2, -0.15) is 0 Å². The van der Waals surface area contributed by atoms with Crippen molar-refractivity contribution in [2.24, 2.45) is 0 Å². The maximum Gasteiger partial charge on any atom is 0.255 e. The Bertz CT molecular complexity index is 1310. The zero-order valence-electron chi connectivity index (χ0n) is 18.6. The highest BCUT2D eigenvalue weighted by molar-refractivity contribution is 7.13. The number of benzene rings is 2. The standard InChI is InChI=1S/C25H22N4O4S/c1-32-21-7-6-17(13-22(21)33-2)25-29-20(15-34-25)14-23(30)27-19-5-3-4-16(12-19)24(31)28-18-8-10-26-11-9-18/h3-13,15H,14H2,1-2H3,(H,27,30)(H,26,28,31). The van der Waals surface area contributed by atoms with Crippen LogP contribution < -0.4 is 20.1 Å². The number of anilines is 2. The van der Waals surface area contributed by atoms with Gasteiger partial charge >= 0.3 is 0 Å². The number of aromatic nitrogens is 2. The molecular weight excluding hydrogens is 452 g/mol. The summed E-state index contributed by atoms with van der Waals surface area (Å²) in [5.74, 6) is 0.749. The van der Waals surface area contributed by atoms with Gasteiger partial charge in [0.2, 0.25) is 5.91 Å². The highest BCUT2D eigenvalue weighted by Crippen LogP contribution is 2.33. The van der Waals surface area contributed by atoms with Gasteiger partial charge in [0.1, 0.15) is 5.01 Å². The Morgan fingerprint density at radius 3 is 2.47 bits per heavy atom. The summed E-state index contributed by atoms with van der Waals surface area (Å²) in [7, 11) is 3.16.